The molecule has 1 aliphatic rings. The minimum absolute atomic E-state index is 0.217. The Labute approximate surface area is 123 Å². The number of benzene rings is 1. The van der Waals surface area contributed by atoms with Crippen LogP contribution in [0.25, 0.3) is 0 Å². The standard InChI is InChI=1S/C15H20N2O4/c1-15(2,3)17-14(19)9-13(18)16-10-4-5-11-12(8-10)21-7-6-20-11/h4-5,8H,6-7,9H2,1-3H3,(H,16,18)(H,17,19). The minimum atomic E-state index is -0.367. The second-order valence-corrected chi connectivity index (χ2v) is 5.88. The summed E-state index contributed by atoms with van der Waals surface area (Å²) >= 11 is 0. The van der Waals surface area contributed by atoms with Crippen LogP contribution in [-0.4, -0.2) is 30.6 Å². The monoisotopic (exact) mass is 292 g/mol. The summed E-state index contributed by atoms with van der Waals surface area (Å²) in [6, 6.07) is 5.14. The zero-order valence-electron chi connectivity index (χ0n) is 12.5. The fourth-order valence-corrected chi connectivity index (χ4v) is 1.93. The van der Waals surface area contributed by atoms with Crippen LogP contribution >= 0.6 is 0 Å². The molecule has 0 saturated carbocycles. The summed E-state index contributed by atoms with van der Waals surface area (Å²) in [6.07, 6.45) is -0.217. The Morgan fingerprint density at radius 2 is 1.76 bits per heavy atom. The predicted molar refractivity (Wildman–Crippen MR) is 78.6 cm³/mol. The van der Waals surface area contributed by atoms with Gasteiger partial charge in [0.05, 0.1) is 0 Å². The highest BCUT2D eigenvalue weighted by Gasteiger charge is 2.17. The molecule has 2 N–H and O–H groups in total. The molecule has 0 atom stereocenters. The van der Waals surface area contributed by atoms with Crippen LogP contribution in [0, 0.1) is 0 Å². The van der Waals surface area contributed by atoms with Crippen LogP contribution in [0.15, 0.2) is 18.2 Å². The number of nitrogens with one attached hydrogen (secondary N) is 2. The smallest absolute Gasteiger partial charge is 0.233 e. The summed E-state index contributed by atoms with van der Waals surface area (Å²) in [5.41, 5.74) is 0.224. The summed E-state index contributed by atoms with van der Waals surface area (Å²) < 4.78 is 10.8. The number of hydrogen-bond acceptors (Lipinski definition) is 4. The Hall–Kier alpha value is -2.24. The molecule has 1 aromatic rings. The van der Waals surface area contributed by atoms with Gasteiger partial charge in [0.25, 0.3) is 0 Å². The first-order valence-electron chi connectivity index (χ1n) is 6.84. The molecule has 1 aromatic carbocycles. The van der Waals surface area contributed by atoms with Gasteiger partial charge in [-0.3, -0.25) is 9.59 Å². The quantitative estimate of drug-likeness (QED) is 0.831. The van der Waals surface area contributed by atoms with E-state index in [-0.39, 0.29) is 23.8 Å². The fraction of sp³-hybridized carbons (Fsp3) is 0.467. The average molecular weight is 292 g/mol. The molecule has 1 aliphatic heterocycles. The molecule has 6 nitrogen and oxygen atoms in total. The van der Waals surface area contributed by atoms with Crippen molar-refractivity contribution in [3.8, 4) is 11.5 Å². The van der Waals surface area contributed by atoms with E-state index in [2.05, 4.69) is 10.6 Å². The van der Waals surface area contributed by atoms with Crippen LogP contribution in [0.4, 0.5) is 5.69 Å². The summed E-state index contributed by atoms with van der Waals surface area (Å²) in [4.78, 5) is 23.5. The highest BCUT2D eigenvalue weighted by molar-refractivity contribution is 6.03. The Morgan fingerprint density at radius 3 is 2.43 bits per heavy atom. The maximum atomic E-state index is 11.8. The number of fused-ring (bicyclic) bond motifs is 1. The summed E-state index contributed by atoms with van der Waals surface area (Å²) in [7, 11) is 0. The molecule has 2 amide bonds. The fourth-order valence-electron chi connectivity index (χ4n) is 1.93. The first-order chi connectivity index (χ1) is 9.83. The van der Waals surface area contributed by atoms with Crippen LogP contribution in [0.3, 0.4) is 0 Å². The number of carbonyl (C=O) groups is 2. The van der Waals surface area contributed by atoms with E-state index in [4.69, 9.17) is 9.47 Å². The van der Waals surface area contributed by atoms with Gasteiger partial charge >= 0.3 is 0 Å². The van der Waals surface area contributed by atoms with Gasteiger partial charge in [-0.15, -0.1) is 0 Å². The molecule has 1 heterocycles. The van der Waals surface area contributed by atoms with E-state index in [1.54, 1.807) is 18.2 Å². The lowest BCUT2D eigenvalue weighted by Crippen LogP contribution is -2.41. The van der Waals surface area contributed by atoms with Crippen molar-refractivity contribution in [1.29, 1.82) is 0 Å². The van der Waals surface area contributed by atoms with E-state index in [9.17, 15) is 9.59 Å². The second kappa shape index (κ2) is 6.03. The van der Waals surface area contributed by atoms with Gasteiger partial charge in [0.2, 0.25) is 11.8 Å². The Bertz CT molecular complexity index is 549. The number of ether oxygens (including phenoxy) is 2. The van der Waals surface area contributed by atoms with Crippen molar-refractivity contribution in [2.24, 2.45) is 0 Å². The first-order valence-corrected chi connectivity index (χ1v) is 6.84. The second-order valence-electron chi connectivity index (χ2n) is 5.88. The van der Waals surface area contributed by atoms with E-state index in [1.807, 2.05) is 20.8 Å². The van der Waals surface area contributed by atoms with Gasteiger partial charge in [0, 0.05) is 17.3 Å². The molecule has 0 spiro atoms. The van der Waals surface area contributed by atoms with Crippen molar-refractivity contribution in [3.05, 3.63) is 18.2 Å². The molecule has 0 saturated heterocycles. The zero-order valence-corrected chi connectivity index (χ0v) is 12.5. The van der Waals surface area contributed by atoms with Crippen molar-refractivity contribution in [2.75, 3.05) is 18.5 Å². The number of anilines is 1. The maximum Gasteiger partial charge on any atom is 0.233 e. The van der Waals surface area contributed by atoms with E-state index in [1.165, 1.54) is 0 Å². The Balaban J connectivity index is 1.92. The SMILES string of the molecule is CC(C)(C)NC(=O)CC(=O)Nc1ccc2c(c1)OCCO2. The molecule has 0 radical (unpaired) electrons. The summed E-state index contributed by atoms with van der Waals surface area (Å²) in [5, 5.41) is 5.41. The van der Waals surface area contributed by atoms with Crippen LogP contribution < -0.4 is 20.1 Å². The molecule has 0 bridgehead atoms. The molecule has 2 rings (SSSR count). The lowest BCUT2D eigenvalue weighted by atomic mass is 10.1. The normalized spacial score (nSPS) is 13.5. The molecular weight excluding hydrogens is 272 g/mol. The van der Waals surface area contributed by atoms with Crippen LogP contribution in [0.5, 0.6) is 11.5 Å². The van der Waals surface area contributed by atoms with Crippen LogP contribution in [-0.2, 0) is 9.59 Å². The van der Waals surface area contributed by atoms with E-state index in [0.717, 1.165) is 0 Å². The average Bonchev–Trinajstić information content (AvgIpc) is 2.35. The first kappa shape index (κ1) is 15.2. The Kier molecular flexibility index (Phi) is 4.35. The molecule has 114 valence electrons. The van der Waals surface area contributed by atoms with Crippen molar-refractivity contribution >= 4 is 17.5 Å². The van der Waals surface area contributed by atoms with Crippen LogP contribution in [0.2, 0.25) is 0 Å². The molecule has 0 fully saturated rings. The van der Waals surface area contributed by atoms with Crippen molar-refractivity contribution in [1.82, 2.24) is 5.32 Å². The predicted octanol–water partition coefficient (Wildman–Crippen LogP) is 1.70. The Morgan fingerprint density at radius 1 is 1.10 bits per heavy atom. The molecule has 0 unspecified atom stereocenters. The topological polar surface area (TPSA) is 76.7 Å². The van der Waals surface area contributed by atoms with Gasteiger partial charge in [-0.25, -0.2) is 0 Å². The number of hydrogen-bond donors (Lipinski definition) is 2. The highest BCUT2D eigenvalue weighted by atomic mass is 16.6. The summed E-state index contributed by atoms with van der Waals surface area (Å²) in [5.74, 6) is 0.578. The molecule has 21 heavy (non-hydrogen) atoms. The highest BCUT2D eigenvalue weighted by Crippen LogP contribution is 2.32. The third-order valence-electron chi connectivity index (χ3n) is 2.66. The molecule has 6 heteroatoms. The van der Waals surface area contributed by atoms with Crippen LogP contribution in [0.1, 0.15) is 27.2 Å². The van der Waals surface area contributed by atoms with Gasteiger partial charge in [-0.05, 0) is 32.9 Å². The van der Waals surface area contributed by atoms with Gasteiger partial charge in [0.15, 0.2) is 11.5 Å². The van der Waals surface area contributed by atoms with E-state index in [0.29, 0.717) is 30.4 Å². The number of carbonyl (C=O) groups excluding carboxylic acids is 2. The minimum Gasteiger partial charge on any atom is -0.486 e. The van der Waals surface area contributed by atoms with Gasteiger partial charge in [0.1, 0.15) is 19.6 Å². The summed E-state index contributed by atoms with van der Waals surface area (Å²) in [6.45, 7) is 6.60. The lowest BCUT2D eigenvalue weighted by Gasteiger charge is -2.20. The molecule has 0 aliphatic carbocycles. The lowest BCUT2D eigenvalue weighted by molar-refractivity contribution is -0.127. The number of rotatable bonds is 3. The van der Waals surface area contributed by atoms with Gasteiger partial charge in [-0.2, -0.15) is 0 Å². The van der Waals surface area contributed by atoms with E-state index >= 15 is 0 Å². The van der Waals surface area contributed by atoms with Crippen molar-refractivity contribution < 1.29 is 19.1 Å². The number of amides is 2. The third-order valence-corrected chi connectivity index (χ3v) is 2.66. The van der Waals surface area contributed by atoms with E-state index < -0.39 is 0 Å². The third kappa shape index (κ3) is 4.66. The van der Waals surface area contributed by atoms with Crippen molar-refractivity contribution in [3.63, 3.8) is 0 Å². The van der Waals surface area contributed by atoms with Gasteiger partial charge in [-0.1, -0.05) is 0 Å². The van der Waals surface area contributed by atoms with Gasteiger partial charge < -0.3 is 20.1 Å². The largest absolute Gasteiger partial charge is 0.486 e. The zero-order chi connectivity index (χ0) is 15.5. The molecule has 0 aromatic heterocycles. The maximum absolute atomic E-state index is 11.8. The van der Waals surface area contributed by atoms with Crippen molar-refractivity contribution in [2.45, 2.75) is 32.7 Å². The molecular formula is C15H20N2O4.